The van der Waals surface area contributed by atoms with E-state index in [2.05, 4.69) is 93.7 Å². The van der Waals surface area contributed by atoms with Gasteiger partial charge in [-0.2, -0.15) is 0 Å². The second kappa shape index (κ2) is 58.1. The first-order valence-corrected chi connectivity index (χ1v) is 32.3. The van der Waals surface area contributed by atoms with E-state index in [-0.39, 0.29) is 25.9 Å². The van der Waals surface area contributed by atoms with Crippen LogP contribution < -0.4 is 0 Å². The summed E-state index contributed by atoms with van der Waals surface area (Å²) in [6.07, 6.45) is 65.7. The molecule has 2 N–H and O–H groups in total. The number of carbonyl (C=O) groups excluding carboxylic acids is 3. The van der Waals surface area contributed by atoms with Gasteiger partial charge in [0.2, 0.25) is 0 Å². The van der Waals surface area contributed by atoms with E-state index >= 15 is 0 Å². The van der Waals surface area contributed by atoms with E-state index in [1.807, 2.05) is 0 Å². The highest BCUT2D eigenvalue weighted by atomic mass is 31.2. The molecule has 440 valence electrons. The second-order valence-electron chi connectivity index (χ2n) is 20.5. The Kier molecular flexibility index (Phi) is 55.7. The maximum atomic E-state index is 12.9. The van der Waals surface area contributed by atoms with Crippen molar-refractivity contribution >= 4 is 25.7 Å². The van der Waals surface area contributed by atoms with Crippen LogP contribution in [0.1, 0.15) is 278 Å². The molecule has 76 heavy (non-hydrogen) atoms. The molecule has 0 aliphatic carbocycles. The Balaban J connectivity index is 4.70. The summed E-state index contributed by atoms with van der Waals surface area (Å²) in [4.78, 5) is 48.6. The summed E-state index contributed by atoms with van der Waals surface area (Å²) in [5, 5.41) is 9.84. The molecule has 0 rings (SSSR count). The first kappa shape index (κ1) is 72.9. The zero-order valence-electron chi connectivity index (χ0n) is 48.7. The van der Waals surface area contributed by atoms with Crippen molar-refractivity contribution in [1.82, 2.24) is 0 Å². The van der Waals surface area contributed by atoms with Gasteiger partial charge in [-0.05, 0) is 109 Å². The fraction of sp³-hybridized carbons (Fsp3) is 0.766. The van der Waals surface area contributed by atoms with Gasteiger partial charge in [0.25, 0.3) is 0 Å². The molecule has 0 saturated carbocycles. The van der Waals surface area contributed by atoms with Crippen LogP contribution in [-0.2, 0) is 42.2 Å². The minimum absolute atomic E-state index is 0.155. The van der Waals surface area contributed by atoms with Crippen LogP contribution in [0.15, 0.2) is 72.9 Å². The number of unbranched alkanes of at least 4 members (excludes halogenated alkanes) is 28. The van der Waals surface area contributed by atoms with E-state index in [4.69, 9.17) is 23.3 Å². The molecule has 0 spiro atoms. The molecule has 0 bridgehead atoms. The van der Waals surface area contributed by atoms with Crippen LogP contribution in [0.3, 0.4) is 0 Å². The van der Waals surface area contributed by atoms with Crippen LogP contribution in [0.4, 0.5) is 0 Å². The van der Waals surface area contributed by atoms with Crippen molar-refractivity contribution in [1.29, 1.82) is 0 Å². The van der Waals surface area contributed by atoms with E-state index in [1.54, 1.807) is 0 Å². The monoisotopic (exact) mass is 1090 g/mol. The molecule has 0 heterocycles. The molecule has 0 radical (unpaired) electrons. The predicted molar refractivity (Wildman–Crippen MR) is 316 cm³/mol. The maximum Gasteiger partial charge on any atom is 0.472 e. The summed E-state index contributed by atoms with van der Waals surface area (Å²) >= 11 is 0. The van der Waals surface area contributed by atoms with Crippen molar-refractivity contribution in [3.05, 3.63) is 72.9 Å². The molecule has 11 nitrogen and oxygen atoms in total. The third-order valence-electron chi connectivity index (χ3n) is 13.1. The van der Waals surface area contributed by atoms with Gasteiger partial charge >= 0.3 is 25.7 Å². The van der Waals surface area contributed by atoms with Gasteiger partial charge in [-0.15, -0.1) is 0 Å². The van der Waals surface area contributed by atoms with Gasteiger partial charge in [0.1, 0.15) is 12.7 Å². The largest absolute Gasteiger partial charge is 0.472 e. The fourth-order valence-corrected chi connectivity index (χ4v) is 9.18. The minimum atomic E-state index is -4.76. The van der Waals surface area contributed by atoms with E-state index in [0.29, 0.717) is 19.3 Å². The van der Waals surface area contributed by atoms with Gasteiger partial charge < -0.3 is 24.2 Å². The number of aliphatic hydroxyl groups excluding tert-OH is 1. The third kappa shape index (κ3) is 55.7. The second-order valence-corrected chi connectivity index (χ2v) is 21.9. The van der Waals surface area contributed by atoms with Crippen molar-refractivity contribution in [3.63, 3.8) is 0 Å². The lowest BCUT2D eigenvalue weighted by molar-refractivity contribution is -0.161. The van der Waals surface area contributed by atoms with Gasteiger partial charge in [-0.3, -0.25) is 23.4 Å². The van der Waals surface area contributed by atoms with E-state index in [9.17, 15) is 28.9 Å². The van der Waals surface area contributed by atoms with Gasteiger partial charge in [-0.25, -0.2) is 4.57 Å². The average molecular weight is 1090 g/mol. The van der Waals surface area contributed by atoms with Gasteiger partial charge in [0, 0.05) is 19.3 Å². The summed E-state index contributed by atoms with van der Waals surface area (Å²) in [6.45, 7) is 4.49. The topological polar surface area (TPSA) is 155 Å². The van der Waals surface area contributed by atoms with Gasteiger partial charge in [0.05, 0.1) is 19.8 Å². The first-order valence-electron chi connectivity index (χ1n) is 30.8. The van der Waals surface area contributed by atoms with E-state index < -0.39 is 57.8 Å². The Morgan fingerprint density at radius 3 is 1.11 bits per heavy atom. The van der Waals surface area contributed by atoms with E-state index in [1.165, 1.54) is 122 Å². The molecule has 12 heteroatoms. The summed E-state index contributed by atoms with van der Waals surface area (Å²) in [6, 6.07) is 0. The van der Waals surface area contributed by atoms with Crippen LogP contribution in [0.2, 0.25) is 0 Å². The molecule has 0 fully saturated rings. The molecule has 0 aromatic carbocycles. The van der Waals surface area contributed by atoms with Crippen molar-refractivity contribution < 1.29 is 52.2 Å². The van der Waals surface area contributed by atoms with Gasteiger partial charge in [-0.1, -0.05) is 222 Å². The number of esters is 3. The number of rotatable bonds is 57. The molecule has 0 amide bonds. The predicted octanol–water partition coefficient (Wildman–Crippen LogP) is 18.5. The van der Waals surface area contributed by atoms with Crippen molar-refractivity contribution in [2.45, 2.75) is 290 Å². The Bertz CT molecular complexity index is 1550. The lowest BCUT2D eigenvalue weighted by Gasteiger charge is -2.21. The Labute approximate surface area is 465 Å². The number of hydrogen-bond donors (Lipinski definition) is 2. The Hall–Kier alpha value is -3.08. The lowest BCUT2D eigenvalue weighted by atomic mass is 10.1. The van der Waals surface area contributed by atoms with Crippen molar-refractivity contribution in [2.75, 3.05) is 26.4 Å². The number of phosphoric ester groups is 1. The molecular weight excluding hydrogens is 976 g/mol. The average Bonchev–Trinajstić information content (AvgIpc) is 3.41. The van der Waals surface area contributed by atoms with Crippen LogP contribution in [0.25, 0.3) is 0 Å². The van der Waals surface area contributed by atoms with E-state index in [0.717, 1.165) is 96.3 Å². The zero-order chi connectivity index (χ0) is 55.5. The standard InChI is InChI=1S/C64H113O11P/c1-4-7-10-13-16-19-22-25-27-29-30-32-34-37-40-43-46-49-52-55-64(68)75-61(57-71-62(66)53-50-47-44-41-38-35-24-21-18-15-12-9-6-3)59-73-76(69,70)72-58-60(56-65)74-63(67)54-51-48-45-42-39-36-33-31-28-26-23-20-17-14-11-8-5-2/h9,12,16,18-19,21,25-28,35,38,60-61,65H,4-8,10-11,13-15,17,20,22-24,29-34,36-37,39-59H2,1-3H3,(H,69,70)/b12-9-,19-16-,21-18-,27-25-,28-26-,38-35-. The summed E-state index contributed by atoms with van der Waals surface area (Å²) in [5.74, 6) is -1.50. The molecular formula is C64H113O11P. The zero-order valence-corrected chi connectivity index (χ0v) is 49.6. The number of phosphoric acid groups is 1. The highest BCUT2D eigenvalue weighted by Gasteiger charge is 2.28. The normalized spacial score (nSPS) is 13.8. The van der Waals surface area contributed by atoms with Crippen LogP contribution in [-0.4, -0.2) is 66.5 Å². The smallest absolute Gasteiger partial charge is 0.462 e. The first-order chi connectivity index (χ1) is 37.2. The summed E-state index contributed by atoms with van der Waals surface area (Å²) < 4.78 is 39.6. The summed E-state index contributed by atoms with van der Waals surface area (Å²) in [7, 11) is -4.76. The summed E-state index contributed by atoms with van der Waals surface area (Å²) in [5.41, 5.74) is 0. The van der Waals surface area contributed by atoms with Crippen molar-refractivity contribution in [2.24, 2.45) is 0 Å². The highest BCUT2D eigenvalue weighted by molar-refractivity contribution is 7.47. The Morgan fingerprint density at radius 1 is 0.382 bits per heavy atom. The number of carbonyl (C=O) groups is 3. The number of allylic oxidation sites excluding steroid dienone is 12. The van der Waals surface area contributed by atoms with Gasteiger partial charge in [0.15, 0.2) is 6.10 Å². The SMILES string of the molecule is CC/C=C\C/C=C\C/C=C\CCCCCC(=O)OCC(COP(=O)(O)OCC(CO)OC(=O)CCCCCCCCC/C=C\CCCCCCCC)OC(=O)CCCCCCCCCCC/C=C\C/C=C\CCCCC. The van der Waals surface area contributed by atoms with Crippen LogP contribution in [0, 0.1) is 0 Å². The third-order valence-corrected chi connectivity index (χ3v) is 14.0. The number of hydrogen-bond acceptors (Lipinski definition) is 10. The van der Waals surface area contributed by atoms with Crippen molar-refractivity contribution in [3.8, 4) is 0 Å². The number of ether oxygens (including phenoxy) is 3. The maximum absolute atomic E-state index is 12.9. The Morgan fingerprint density at radius 2 is 0.684 bits per heavy atom. The molecule has 0 aliphatic rings. The molecule has 3 unspecified atom stereocenters. The fourth-order valence-electron chi connectivity index (χ4n) is 8.40. The minimum Gasteiger partial charge on any atom is -0.462 e. The highest BCUT2D eigenvalue weighted by Crippen LogP contribution is 2.43. The molecule has 0 saturated heterocycles. The molecule has 3 atom stereocenters. The molecule has 0 aromatic rings. The van der Waals surface area contributed by atoms with Crippen LogP contribution >= 0.6 is 7.82 Å². The quantitative estimate of drug-likeness (QED) is 0.0197. The molecule has 0 aromatic heterocycles. The number of aliphatic hydroxyl groups is 1. The molecule has 0 aliphatic heterocycles. The van der Waals surface area contributed by atoms with Crippen LogP contribution in [0.5, 0.6) is 0 Å². The lowest BCUT2D eigenvalue weighted by Crippen LogP contribution is -2.30.